The van der Waals surface area contributed by atoms with Crippen molar-refractivity contribution in [2.24, 2.45) is 5.92 Å². The molecule has 3 atom stereocenters. The summed E-state index contributed by atoms with van der Waals surface area (Å²) in [6.07, 6.45) is 0.970. The van der Waals surface area contributed by atoms with Gasteiger partial charge in [0.05, 0.1) is 0 Å². The highest BCUT2D eigenvalue weighted by Crippen LogP contribution is 2.22. The molecule has 3 saturated heterocycles. The zero-order chi connectivity index (χ0) is 19.0. The summed E-state index contributed by atoms with van der Waals surface area (Å²) in [6.45, 7) is 2.93. The minimum Gasteiger partial charge on any atom is -0.338 e. The predicted octanol–water partition coefficient (Wildman–Crippen LogP) is 0.126. The van der Waals surface area contributed by atoms with Gasteiger partial charge >= 0.3 is 0 Å². The van der Waals surface area contributed by atoms with Gasteiger partial charge in [0.2, 0.25) is 5.91 Å². The summed E-state index contributed by atoms with van der Waals surface area (Å²) in [7, 11) is 0. The number of amides is 2. The molecule has 3 N–H and O–H groups in total. The molecule has 10 heteroatoms. The number of hydrogen-bond acceptors (Lipinski definition) is 5. The lowest BCUT2D eigenvalue weighted by molar-refractivity contribution is -0.135. The van der Waals surface area contributed by atoms with Crippen LogP contribution in [-0.4, -0.2) is 73.0 Å². The molecule has 2 amide bonds. The van der Waals surface area contributed by atoms with Gasteiger partial charge in [0, 0.05) is 44.7 Å². The number of fused-ring (bicyclic) bond motifs is 1. The molecule has 0 aliphatic carbocycles. The van der Waals surface area contributed by atoms with Crippen molar-refractivity contribution in [2.45, 2.75) is 18.5 Å². The number of rotatable bonds is 2. The van der Waals surface area contributed by atoms with Crippen LogP contribution in [-0.2, 0) is 4.79 Å². The van der Waals surface area contributed by atoms with Crippen molar-refractivity contribution in [3.63, 3.8) is 0 Å². The molecule has 28 heavy (non-hydrogen) atoms. The number of hydrazine groups is 1. The second kappa shape index (κ2) is 8.69. The van der Waals surface area contributed by atoms with Crippen LogP contribution < -0.4 is 16.2 Å². The van der Waals surface area contributed by atoms with E-state index in [0.717, 1.165) is 31.6 Å². The first-order chi connectivity index (χ1) is 13.1. The SMILES string of the molecule is Cl.O=C(c1c(F)cccc1F)N1CCN(C(=O)C2NNC3CCNCC32)CC1. The van der Waals surface area contributed by atoms with Gasteiger partial charge in [0.1, 0.15) is 23.2 Å². The number of benzene rings is 1. The molecule has 154 valence electrons. The summed E-state index contributed by atoms with van der Waals surface area (Å²) in [5.41, 5.74) is 5.78. The minimum atomic E-state index is -0.865. The molecule has 3 aliphatic heterocycles. The molecule has 0 saturated carbocycles. The largest absolute Gasteiger partial charge is 0.338 e. The Morgan fingerprint density at radius 3 is 2.32 bits per heavy atom. The molecule has 4 rings (SSSR count). The fourth-order valence-electron chi connectivity index (χ4n) is 4.15. The van der Waals surface area contributed by atoms with Crippen molar-refractivity contribution >= 4 is 24.2 Å². The molecular weight excluding hydrogens is 392 g/mol. The Morgan fingerprint density at radius 2 is 1.64 bits per heavy atom. The van der Waals surface area contributed by atoms with Gasteiger partial charge in [0.25, 0.3) is 5.91 Å². The smallest absolute Gasteiger partial charge is 0.259 e. The summed E-state index contributed by atoms with van der Waals surface area (Å²) < 4.78 is 27.7. The van der Waals surface area contributed by atoms with Gasteiger partial charge in [-0.1, -0.05) is 6.07 Å². The van der Waals surface area contributed by atoms with Crippen LogP contribution in [0.4, 0.5) is 8.78 Å². The summed E-state index contributed by atoms with van der Waals surface area (Å²) >= 11 is 0. The van der Waals surface area contributed by atoms with Gasteiger partial charge in [-0.25, -0.2) is 14.2 Å². The highest BCUT2D eigenvalue weighted by atomic mass is 35.5. The average Bonchev–Trinajstić information content (AvgIpc) is 3.11. The van der Waals surface area contributed by atoms with Crippen LogP contribution in [0.3, 0.4) is 0 Å². The molecule has 0 bridgehead atoms. The van der Waals surface area contributed by atoms with Crippen LogP contribution >= 0.6 is 12.4 Å². The summed E-state index contributed by atoms with van der Waals surface area (Å²) in [5.74, 6) is -2.21. The lowest BCUT2D eigenvalue weighted by Crippen LogP contribution is -2.56. The second-order valence-corrected chi connectivity index (χ2v) is 7.24. The van der Waals surface area contributed by atoms with Crippen molar-refractivity contribution in [1.82, 2.24) is 26.0 Å². The lowest BCUT2D eigenvalue weighted by Gasteiger charge is -2.37. The molecule has 3 unspecified atom stereocenters. The summed E-state index contributed by atoms with van der Waals surface area (Å²) in [4.78, 5) is 28.5. The Bertz CT molecular complexity index is 724. The predicted molar refractivity (Wildman–Crippen MR) is 101 cm³/mol. The zero-order valence-corrected chi connectivity index (χ0v) is 16.1. The number of piperazine rings is 1. The molecule has 3 aliphatic rings. The molecule has 0 spiro atoms. The zero-order valence-electron chi connectivity index (χ0n) is 15.3. The summed E-state index contributed by atoms with van der Waals surface area (Å²) in [5, 5.41) is 3.32. The van der Waals surface area contributed by atoms with E-state index >= 15 is 0 Å². The van der Waals surface area contributed by atoms with Crippen LogP contribution in [0.5, 0.6) is 0 Å². The molecule has 1 aromatic carbocycles. The standard InChI is InChI=1S/C18H23F2N5O2.ClH/c19-12-2-1-3-13(20)15(12)17(26)24-6-8-25(9-7-24)18(27)16-11-10-21-5-4-14(11)22-23-16;/h1-3,11,14,16,21-23H,4-10H2;1H. The average molecular weight is 416 g/mol. The van der Waals surface area contributed by atoms with Crippen LogP contribution in [0.1, 0.15) is 16.8 Å². The highest BCUT2D eigenvalue weighted by molar-refractivity contribution is 5.95. The van der Waals surface area contributed by atoms with E-state index in [1.807, 2.05) is 0 Å². The first-order valence-corrected chi connectivity index (χ1v) is 9.30. The molecule has 0 radical (unpaired) electrons. The van der Waals surface area contributed by atoms with Crippen molar-refractivity contribution in [3.8, 4) is 0 Å². The van der Waals surface area contributed by atoms with E-state index in [1.165, 1.54) is 11.0 Å². The van der Waals surface area contributed by atoms with Crippen LogP contribution in [0.25, 0.3) is 0 Å². The molecule has 1 aromatic rings. The van der Waals surface area contributed by atoms with E-state index < -0.39 is 23.1 Å². The highest BCUT2D eigenvalue weighted by Gasteiger charge is 2.43. The number of halogens is 3. The van der Waals surface area contributed by atoms with Gasteiger partial charge in [-0.05, 0) is 25.1 Å². The number of nitrogens with one attached hydrogen (secondary N) is 3. The van der Waals surface area contributed by atoms with Gasteiger partial charge in [-0.15, -0.1) is 12.4 Å². The van der Waals surface area contributed by atoms with Gasteiger partial charge in [-0.3, -0.25) is 15.0 Å². The Balaban J connectivity index is 0.00000225. The second-order valence-electron chi connectivity index (χ2n) is 7.24. The van der Waals surface area contributed by atoms with Crippen LogP contribution in [0, 0.1) is 17.6 Å². The molecule has 0 aromatic heterocycles. The van der Waals surface area contributed by atoms with Crippen LogP contribution in [0.2, 0.25) is 0 Å². The topological polar surface area (TPSA) is 76.7 Å². The Labute approximate surface area is 168 Å². The van der Waals surface area contributed by atoms with Crippen molar-refractivity contribution in [2.75, 3.05) is 39.3 Å². The first-order valence-electron chi connectivity index (χ1n) is 9.30. The number of carbonyl (C=O) groups excluding carboxylic acids is 2. The number of piperidine rings is 1. The maximum absolute atomic E-state index is 13.8. The van der Waals surface area contributed by atoms with Gasteiger partial charge < -0.3 is 15.1 Å². The third-order valence-corrected chi connectivity index (χ3v) is 5.70. The fraction of sp³-hybridized carbons (Fsp3) is 0.556. The van der Waals surface area contributed by atoms with Crippen molar-refractivity contribution in [3.05, 3.63) is 35.4 Å². The maximum Gasteiger partial charge on any atom is 0.259 e. The van der Waals surface area contributed by atoms with Crippen molar-refractivity contribution in [1.29, 1.82) is 0 Å². The number of hydrogen-bond donors (Lipinski definition) is 3. The normalized spacial score (nSPS) is 27.1. The van der Waals surface area contributed by atoms with E-state index in [1.54, 1.807) is 4.90 Å². The van der Waals surface area contributed by atoms with E-state index in [9.17, 15) is 18.4 Å². The van der Waals surface area contributed by atoms with E-state index in [4.69, 9.17) is 0 Å². The quantitative estimate of drug-likeness (QED) is 0.640. The minimum absolute atomic E-state index is 0. The number of nitrogens with zero attached hydrogens (tertiary/aromatic N) is 2. The third kappa shape index (κ3) is 3.84. The lowest BCUT2D eigenvalue weighted by atomic mass is 9.89. The molecular formula is C18H24ClF2N5O2. The molecule has 3 heterocycles. The van der Waals surface area contributed by atoms with Crippen molar-refractivity contribution < 1.29 is 18.4 Å². The van der Waals surface area contributed by atoms with E-state index in [2.05, 4.69) is 16.2 Å². The number of carbonyl (C=O) groups is 2. The Kier molecular flexibility index (Phi) is 6.49. The third-order valence-electron chi connectivity index (χ3n) is 5.70. The maximum atomic E-state index is 13.8. The first kappa shape index (κ1) is 20.9. The van der Waals surface area contributed by atoms with Crippen LogP contribution in [0.15, 0.2) is 18.2 Å². The summed E-state index contributed by atoms with van der Waals surface area (Å²) in [6, 6.07) is 3.36. The van der Waals surface area contributed by atoms with Gasteiger partial charge in [-0.2, -0.15) is 0 Å². The van der Waals surface area contributed by atoms with E-state index in [-0.39, 0.29) is 49.4 Å². The monoisotopic (exact) mass is 415 g/mol. The fourth-order valence-corrected chi connectivity index (χ4v) is 4.15. The Hall–Kier alpha value is -1.81. The van der Waals surface area contributed by atoms with E-state index in [0.29, 0.717) is 13.1 Å². The van der Waals surface area contributed by atoms with Gasteiger partial charge in [0.15, 0.2) is 0 Å². The molecule has 3 fully saturated rings. The Morgan fingerprint density at radius 1 is 1.00 bits per heavy atom. The molecule has 7 nitrogen and oxygen atoms in total.